The van der Waals surface area contributed by atoms with Crippen LogP contribution in [0.4, 0.5) is 0 Å². The van der Waals surface area contributed by atoms with Crippen LogP contribution in [0.25, 0.3) is 0 Å². The van der Waals surface area contributed by atoms with Gasteiger partial charge in [0.2, 0.25) is 5.91 Å². The summed E-state index contributed by atoms with van der Waals surface area (Å²) in [7, 11) is 1.83. The molecular formula is C16H25NO2. The first kappa shape index (κ1) is 15.5. The second-order valence-electron chi connectivity index (χ2n) is 6.22. The quantitative estimate of drug-likeness (QED) is 0.816. The highest BCUT2D eigenvalue weighted by molar-refractivity contribution is 5.76. The van der Waals surface area contributed by atoms with Gasteiger partial charge in [-0.3, -0.25) is 4.79 Å². The van der Waals surface area contributed by atoms with E-state index in [4.69, 9.17) is 4.74 Å². The smallest absolute Gasteiger partial charge is 0.222 e. The number of hydrogen-bond acceptors (Lipinski definition) is 2. The number of benzene rings is 1. The predicted octanol–water partition coefficient (Wildman–Crippen LogP) is 3.27. The summed E-state index contributed by atoms with van der Waals surface area (Å²) in [6.45, 7) is 9.39. The normalized spacial score (nSPS) is 11.2. The van der Waals surface area contributed by atoms with Crippen molar-refractivity contribution in [2.24, 2.45) is 5.41 Å². The van der Waals surface area contributed by atoms with Crippen LogP contribution in [0, 0.1) is 12.3 Å². The minimum absolute atomic E-state index is 0.0305. The standard InChI is InChI=1S/C16H25NO2/c1-13-7-6-8-14(11-13)19-10-9-17(5)15(18)12-16(2,3)4/h6-8,11H,9-10,12H2,1-5H3. The van der Waals surface area contributed by atoms with Crippen molar-refractivity contribution >= 4 is 5.91 Å². The predicted molar refractivity (Wildman–Crippen MR) is 78.4 cm³/mol. The molecule has 0 bridgehead atoms. The molecule has 0 radical (unpaired) electrons. The zero-order chi connectivity index (χ0) is 14.5. The maximum absolute atomic E-state index is 11.9. The van der Waals surface area contributed by atoms with Gasteiger partial charge < -0.3 is 9.64 Å². The lowest BCUT2D eigenvalue weighted by Crippen LogP contribution is -2.33. The summed E-state index contributed by atoms with van der Waals surface area (Å²) in [6.07, 6.45) is 0.563. The molecule has 0 spiro atoms. The van der Waals surface area contributed by atoms with Gasteiger partial charge in [-0.15, -0.1) is 0 Å². The van der Waals surface area contributed by atoms with Gasteiger partial charge in [-0.25, -0.2) is 0 Å². The van der Waals surface area contributed by atoms with Crippen molar-refractivity contribution in [1.29, 1.82) is 0 Å². The summed E-state index contributed by atoms with van der Waals surface area (Å²) >= 11 is 0. The fourth-order valence-electron chi connectivity index (χ4n) is 1.72. The molecule has 19 heavy (non-hydrogen) atoms. The average molecular weight is 263 g/mol. The Hall–Kier alpha value is -1.51. The Morgan fingerprint density at radius 1 is 1.32 bits per heavy atom. The highest BCUT2D eigenvalue weighted by Gasteiger charge is 2.18. The Morgan fingerprint density at radius 2 is 2.00 bits per heavy atom. The van der Waals surface area contributed by atoms with E-state index in [0.29, 0.717) is 19.6 Å². The average Bonchev–Trinajstić information content (AvgIpc) is 2.26. The van der Waals surface area contributed by atoms with Crippen LogP contribution in [0.2, 0.25) is 0 Å². The fourth-order valence-corrected chi connectivity index (χ4v) is 1.72. The lowest BCUT2D eigenvalue weighted by molar-refractivity contribution is -0.132. The first-order valence-corrected chi connectivity index (χ1v) is 6.71. The molecule has 0 aliphatic rings. The van der Waals surface area contributed by atoms with Crippen molar-refractivity contribution in [2.75, 3.05) is 20.2 Å². The third kappa shape index (κ3) is 6.27. The number of carbonyl (C=O) groups excluding carboxylic acids is 1. The highest BCUT2D eigenvalue weighted by atomic mass is 16.5. The fraction of sp³-hybridized carbons (Fsp3) is 0.562. The van der Waals surface area contributed by atoms with E-state index >= 15 is 0 Å². The number of nitrogens with zero attached hydrogens (tertiary/aromatic N) is 1. The van der Waals surface area contributed by atoms with Crippen LogP contribution in [0.5, 0.6) is 5.75 Å². The van der Waals surface area contributed by atoms with Crippen LogP contribution in [-0.2, 0) is 4.79 Å². The minimum Gasteiger partial charge on any atom is -0.492 e. The number of amides is 1. The molecule has 0 fully saturated rings. The lowest BCUT2D eigenvalue weighted by Gasteiger charge is -2.23. The summed E-state index contributed by atoms with van der Waals surface area (Å²) in [6, 6.07) is 7.94. The van der Waals surface area contributed by atoms with Crippen molar-refractivity contribution in [2.45, 2.75) is 34.1 Å². The van der Waals surface area contributed by atoms with E-state index in [1.807, 2.05) is 38.2 Å². The topological polar surface area (TPSA) is 29.5 Å². The number of carbonyl (C=O) groups is 1. The molecule has 3 heteroatoms. The van der Waals surface area contributed by atoms with Gasteiger partial charge in [-0.05, 0) is 30.0 Å². The minimum atomic E-state index is 0.0305. The summed E-state index contributed by atoms with van der Waals surface area (Å²) in [5, 5.41) is 0. The Morgan fingerprint density at radius 3 is 2.58 bits per heavy atom. The van der Waals surface area contributed by atoms with E-state index in [9.17, 15) is 4.79 Å². The van der Waals surface area contributed by atoms with Crippen molar-refractivity contribution in [3.05, 3.63) is 29.8 Å². The van der Waals surface area contributed by atoms with Crippen molar-refractivity contribution in [3.8, 4) is 5.75 Å². The number of aryl methyl sites for hydroxylation is 1. The van der Waals surface area contributed by atoms with E-state index in [1.165, 1.54) is 5.56 Å². The van der Waals surface area contributed by atoms with Gasteiger partial charge in [0, 0.05) is 13.5 Å². The van der Waals surface area contributed by atoms with Gasteiger partial charge in [0.25, 0.3) is 0 Å². The van der Waals surface area contributed by atoms with Crippen LogP contribution < -0.4 is 4.74 Å². The van der Waals surface area contributed by atoms with Crippen molar-refractivity contribution in [3.63, 3.8) is 0 Å². The number of likely N-dealkylation sites (N-methyl/N-ethyl adjacent to an activating group) is 1. The summed E-state index contributed by atoms with van der Waals surface area (Å²) < 4.78 is 5.64. The molecule has 0 aromatic heterocycles. The van der Waals surface area contributed by atoms with Gasteiger partial charge in [-0.1, -0.05) is 32.9 Å². The van der Waals surface area contributed by atoms with Crippen LogP contribution in [0.15, 0.2) is 24.3 Å². The Kier molecular flexibility index (Phi) is 5.40. The van der Waals surface area contributed by atoms with Crippen LogP contribution in [0.3, 0.4) is 0 Å². The highest BCUT2D eigenvalue weighted by Crippen LogP contribution is 2.19. The largest absolute Gasteiger partial charge is 0.492 e. The van der Waals surface area contributed by atoms with E-state index in [1.54, 1.807) is 4.90 Å². The van der Waals surface area contributed by atoms with E-state index in [0.717, 1.165) is 5.75 Å². The second-order valence-corrected chi connectivity index (χ2v) is 6.22. The second kappa shape index (κ2) is 6.60. The van der Waals surface area contributed by atoms with Gasteiger partial charge in [0.15, 0.2) is 0 Å². The zero-order valence-corrected chi connectivity index (χ0v) is 12.7. The van der Waals surface area contributed by atoms with Crippen molar-refractivity contribution < 1.29 is 9.53 Å². The summed E-state index contributed by atoms with van der Waals surface area (Å²) in [4.78, 5) is 13.7. The third-order valence-electron chi connectivity index (χ3n) is 2.79. The van der Waals surface area contributed by atoms with Crippen LogP contribution >= 0.6 is 0 Å². The van der Waals surface area contributed by atoms with Crippen LogP contribution in [0.1, 0.15) is 32.8 Å². The zero-order valence-electron chi connectivity index (χ0n) is 12.7. The lowest BCUT2D eigenvalue weighted by atomic mass is 9.92. The molecule has 1 amide bonds. The number of rotatable bonds is 5. The van der Waals surface area contributed by atoms with Gasteiger partial charge in [0.05, 0.1) is 6.54 Å². The molecule has 0 aliphatic carbocycles. The van der Waals surface area contributed by atoms with Gasteiger partial charge >= 0.3 is 0 Å². The van der Waals surface area contributed by atoms with E-state index in [-0.39, 0.29) is 11.3 Å². The molecule has 0 heterocycles. The van der Waals surface area contributed by atoms with E-state index in [2.05, 4.69) is 20.8 Å². The molecule has 3 nitrogen and oxygen atoms in total. The monoisotopic (exact) mass is 263 g/mol. The van der Waals surface area contributed by atoms with Crippen LogP contribution in [-0.4, -0.2) is 31.0 Å². The SMILES string of the molecule is Cc1cccc(OCCN(C)C(=O)CC(C)(C)C)c1. The Balaban J connectivity index is 2.34. The maximum atomic E-state index is 11.9. The maximum Gasteiger partial charge on any atom is 0.222 e. The molecular weight excluding hydrogens is 238 g/mol. The van der Waals surface area contributed by atoms with Gasteiger partial charge in [0.1, 0.15) is 12.4 Å². The molecule has 0 atom stereocenters. The van der Waals surface area contributed by atoms with Crippen molar-refractivity contribution in [1.82, 2.24) is 4.90 Å². The first-order valence-electron chi connectivity index (χ1n) is 6.71. The molecule has 1 aromatic carbocycles. The molecule has 106 valence electrons. The molecule has 0 N–H and O–H groups in total. The third-order valence-corrected chi connectivity index (χ3v) is 2.79. The molecule has 1 aromatic rings. The molecule has 1 rings (SSSR count). The first-order chi connectivity index (χ1) is 8.78. The molecule has 0 saturated heterocycles. The number of ether oxygens (including phenoxy) is 1. The molecule has 0 saturated carbocycles. The molecule has 0 unspecified atom stereocenters. The Labute approximate surface area is 116 Å². The summed E-state index contributed by atoms with van der Waals surface area (Å²) in [5.74, 6) is 1.03. The van der Waals surface area contributed by atoms with E-state index < -0.39 is 0 Å². The summed E-state index contributed by atoms with van der Waals surface area (Å²) in [5.41, 5.74) is 1.21. The Bertz CT molecular complexity index is 421. The van der Waals surface area contributed by atoms with Gasteiger partial charge in [-0.2, -0.15) is 0 Å². The number of hydrogen-bond donors (Lipinski definition) is 0. The molecule has 0 aliphatic heterocycles.